The number of hydrogen-bond acceptors (Lipinski definition) is 2. The van der Waals surface area contributed by atoms with Crippen LogP contribution in [0.3, 0.4) is 0 Å². The molecule has 0 bridgehead atoms. The zero-order valence-corrected chi connectivity index (χ0v) is 12.5. The summed E-state index contributed by atoms with van der Waals surface area (Å²) >= 11 is 3.40. The molecule has 0 saturated carbocycles. The summed E-state index contributed by atoms with van der Waals surface area (Å²) in [5.41, 5.74) is 1.83. The summed E-state index contributed by atoms with van der Waals surface area (Å²) in [5, 5.41) is 0. The molecule has 0 fully saturated rings. The third kappa shape index (κ3) is 3.58. The molecule has 2 rings (SSSR count). The van der Waals surface area contributed by atoms with Crippen LogP contribution in [0, 0.1) is 0 Å². The summed E-state index contributed by atoms with van der Waals surface area (Å²) in [5.74, 6) is -0.678. The van der Waals surface area contributed by atoms with E-state index in [9.17, 15) is 4.79 Å². The summed E-state index contributed by atoms with van der Waals surface area (Å²) in [6, 6.07) is 17.3. The molecule has 2 nitrogen and oxygen atoms in total. The molecule has 0 saturated heterocycles. The number of halogens is 1. The number of benzene rings is 2. The molecule has 0 heterocycles. The Balaban J connectivity index is 2.36. The second-order valence-corrected chi connectivity index (χ2v) is 5.23. The van der Waals surface area contributed by atoms with Gasteiger partial charge in [0.05, 0.1) is 0 Å². The molecule has 2 aromatic rings. The largest absolute Gasteiger partial charge is 0.461 e. The van der Waals surface area contributed by atoms with Gasteiger partial charge in [0.25, 0.3) is 0 Å². The summed E-state index contributed by atoms with van der Waals surface area (Å²) < 4.78 is 6.20. The average molecular weight is 331 g/mol. The van der Waals surface area contributed by atoms with Crippen LogP contribution in [0.15, 0.2) is 71.7 Å². The van der Waals surface area contributed by atoms with E-state index in [4.69, 9.17) is 4.74 Å². The molecule has 0 aliphatic heterocycles. The van der Waals surface area contributed by atoms with Gasteiger partial charge in [-0.2, -0.15) is 0 Å². The van der Waals surface area contributed by atoms with Gasteiger partial charge in [0.15, 0.2) is 0 Å². The molecule has 0 amide bonds. The molecular formula is C17H15BrO2. The van der Waals surface area contributed by atoms with Crippen LogP contribution in [0.25, 0.3) is 0 Å². The fraction of sp³-hybridized carbons (Fsp3) is 0.118. The maximum absolute atomic E-state index is 12.3. The predicted molar refractivity (Wildman–Crippen MR) is 83.6 cm³/mol. The molecular weight excluding hydrogens is 316 g/mol. The molecule has 3 heteroatoms. The first-order valence-corrected chi connectivity index (χ1v) is 7.09. The molecule has 1 unspecified atom stereocenters. The zero-order valence-electron chi connectivity index (χ0n) is 11.0. The lowest BCUT2D eigenvalue weighted by Gasteiger charge is -2.16. The van der Waals surface area contributed by atoms with Gasteiger partial charge in [0, 0.05) is 4.47 Å². The van der Waals surface area contributed by atoms with Gasteiger partial charge >= 0.3 is 5.97 Å². The van der Waals surface area contributed by atoms with Crippen LogP contribution >= 0.6 is 15.9 Å². The second-order valence-electron chi connectivity index (χ2n) is 4.31. The Morgan fingerprint density at radius 1 is 1.10 bits per heavy atom. The Bertz CT molecular complexity index is 576. The Hall–Kier alpha value is -1.87. The number of hydrogen-bond donors (Lipinski definition) is 0. The smallest absolute Gasteiger partial charge is 0.318 e. The van der Waals surface area contributed by atoms with Crippen LogP contribution in [-0.4, -0.2) is 12.6 Å². The van der Waals surface area contributed by atoms with Crippen molar-refractivity contribution < 1.29 is 9.53 Å². The van der Waals surface area contributed by atoms with Crippen molar-refractivity contribution in [2.24, 2.45) is 0 Å². The van der Waals surface area contributed by atoms with Crippen LogP contribution in [0.5, 0.6) is 0 Å². The predicted octanol–water partition coefficient (Wildman–Crippen LogP) is 4.31. The fourth-order valence-corrected chi connectivity index (χ4v) is 2.25. The van der Waals surface area contributed by atoms with E-state index in [1.54, 1.807) is 6.08 Å². The van der Waals surface area contributed by atoms with E-state index in [0.717, 1.165) is 15.6 Å². The van der Waals surface area contributed by atoms with Crippen LogP contribution in [-0.2, 0) is 9.53 Å². The highest BCUT2D eigenvalue weighted by Crippen LogP contribution is 2.27. The van der Waals surface area contributed by atoms with Gasteiger partial charge in [-0.25, -0.2) is 0 Å². The molecule has 2 aromatic carbocycles. The van der Waals surface area contributed by atoms with Gasteiger partial charge in [0.2, 0.25) is 0 Å². The lowest BCUT2D eigenvalue weighted by molar-refractivity contribution is -0.143. The minimum atomic E-state index is -0.413. The van der Waals surface area contributed by atoms with Gasteiger partial charge in [0.1, 0.15) is 12.5 Å². The number of ether oxygens (including phenoxy) is 1. The van der Waals surface area contributed by atoms with Gasteiger partial charge in [-0.05, 0) is 23.3 Å². The lowest BCUT2D eigenvalue weighted by atomic mass is 9.91. The first-order chi connectivity index (χ1) is 9.72. The molecule has 0 aliphatic carbocycles. The van der Waals surface area contributed by atoms with E-state index in [1.807, 2.05) is 54.6 Å². The minimum absolute atomic E-state index is 0.221. The van der Waals surface area contributed by atoms with Crippen LogP contribution in [0.4, 0.5) is 0 Å². The molecule has 0 radical (unpaired) electrons. The molecule has 0 N–H and O–H groups in total. The standard InChI is InChI=1S/C17H15BrO2/c1-2-12-20-17(19)16(13-6-4-3-5-7-13)14-8-10-15(18)11-9-14/h2-11,16H,1,12H2. The first kappa shape index (κ1) is 14.5. The minimum Gasteiger partial charge on any atom is -0.461 e. The van der Waals surface area contributed by atoms with Crippen molar-refractivity contribution in [1.82, 2.24) is 0 Å². The van der Waals surface area contributed by atoms with Crippen molar-refractivity contribution in [3.8, 4) is 0 Å². The van der Waals surface area contributed by atoms with E-state index in [2.05, 4.69) is 22.5 Å². The SMILES string of the molecule is C=CCOC(=O)C(c1ccccc1)c1ccc(Br)cc1. The zero-order chi connectivity index (χ0) is 14.4. The maximum atomic E-state index is 12.3. The first-order valence-electron chi connectivity index (χ1n) is 6.30. The van der Waals surface area contributed by atoms with Crippen molar-refractivity contribution >= 4 is 21.9 Å². The van der Waals surface area contributed by atoms with Crippen molar-refractivity contribution in [3.63, 3.8) is 0 Å². The lowest BCUT2D eigenvalue weighted by Crippen LogP contribution is -2.17. The van der Waals surface area contributed by atoms with E-state index in [1.165, 1.54) is 0 Å². The van der Waals surface area contributed by atoms with Gasteiger partial charge < -0.3 is 4.74 Å². The molecule has 0 spiro atoms. The maximum Gasteiger partial charge on any atom is 0.318 e. The Morgan fingerprint density at radius 3 is 2.30 bits per heavy atom. The van der Waals surface area contributed by atoms with Gasteiger partial charge in [-0.3, -0.25) is 4.79 Å². The quantitative estimate of drug-likeness (QED) is 0.603. The van der Waals surface area contributed by atoms with E-state index in [-0.39, 0.29) is 12.6 Å². The monoisotopic (exact) mass is 330 g/mol. The highest BCUT2D eigenvalue weighted by Gasteiger charge is 2.23. The number of carbonyl (C=O) groups is 1. The third-order valence-electron chi connectivity index (χ3n) is 2.92. The highest BCUT2D eigenvalue weighted by atomic mass is 79.9. The summed E-state index contributed by atoms with van der Waals surface area (Å²) in [4.78, 5) is 12.3. The van der Waals surface area contributed by atoms with Crippen molar-refractivity contribution in [2.45, 2.75) is 5.92 Å². The third-order valence-corrected chi connectivity index (χ3v) is 3.44. The van der Waals surface area contributed by atoms with Crippen molar-refractivity contribution in [3.05, 3.63) is 82.9 Å². The van der Waals surface area contributed by atoms with Crippen LogP contribution in [0.2, 0.25) is 0 Å². The number of carbonyl (C=O) groups excluding carboxylic acids is 1. The Kier molecular flexibility index (Phi) is 5.13. The normalized spacial score (nSPS) is 11.7. The molecule has 1 atom stereocenters. The van der Waals surface area contributed by atoms with E-state index in [0.29, 0.717) is 0 Å². The second kappa shape index (κ2) is 7.06. The molecule has 20 heavy (non-hydrogen) atoms. The molecule has 0 aliphatic rings. The Morgan fingerprint density at radius 2 is 1.70 bits per heavy atom. The Labute approximate surface area is 127 Å². The van der Waals surface area contributed by atoms with E-state index >= 15 is 0 Å². The molecule has 102 valence electrons. The summed E-state index contributed by atoms with van der Waals surface area (Å²) in [6.45, 7) is 3.79. The number of esters is 1. The fourth-order valence-electron chi connectivity index (χ4n) is 1.99. The van der Waals surface area contributed by atoms with Crippen LogP contribution < -0.4 is 0 Å². The number of rotatable bonds is 5. The summed E-state index contributed by atoms with van der Waals surface area (Å²) in [7, 11) is 0. The van der Waals surface area contributed by atoms with Gasteiger partial charge in [-0.1, -0.05) is 71.0 Å². The topological polar surface area (TPSA) is 26.3 Å². The van der Waals surface area contributed by atoms with Gasteiger partial charge in [-0.15, -0.1) is 0 Å². The van der Waals surface area contributed by atoms with Crippen molar-refractivity contribution in [2.75, 3.05) is 6.61 Å². The molecule has 0 aromatic heterocycles. The van der Waals surface area contributed by atoms with E-state index < -0.39 is 5.92 Å². The summed E-state index contributed by atoms with van der Waals surface area (Å²) in [6.07, 6.45) is 1.57. The van der Waals surface area contributed by atoms with Crippen LogP contribution in [0.1, 0.15) is 17.0 Å². The van der Waals surface area contributed by atoms with Crippen molar-refractivity contribution in [1.29, 1.82) is 0 Å². The average Bonchev–Trinajstić information content (AvgIpc) is 2.48. The highest BCUT2D eigenvalue weighted by molar-refractivity contribution is 9.10.